The van der Waals surface area contributed by atoms with E-state index in [4.69, 9.17) is 0 Å². The molecule has 3 atom stereocenters. The maximum Gasteiger partial charge on any atom is 0.0622 e. The van der Waals surface area contributed by atoms with Gasteiger partial charge in [0.2, 0.25) is 0 Å². The molecule has 0 amide bonds. The molecule has 3 aliphatic rings. The van der Waals surface area contributed by atoms with E-state index in [1.54, 1.807) is 11.1 Å². The summed E-state index contributed by atoms with van der Waals surface area (Å²) < 4.78 is 0. The van der Waals surface area contributed by atoms with Crippen LogP contribution in [0.15, 0.2) is 71.8 Å². The lowest BCUT2D eigenvalue weighted by Gasteiger charge is -2.36. The molecule has 1 fully saturated rings. The monoisotopic (exact) mass is 313 g/mol. The Kier molecular flexibility index (Phi) is 3.24. The highest BCUT2D eigenvalue weighted by atomic mass is 15.2. The van der Waals surface area contributed by atoms with Crippen molar-refractivity contribution >= 4 is 6.08 Å². The molecule has 3 unspecified atom stereocenters. The molecule has 120 valence electrons. The van der Waals surface area contributed by atoms with Gasteiger partial charge in [-0.25, -0.2) is 0 Å². The minimum absolute atomic E-state index is 0.430. The number of benzene rings is 2. The number of fused-ring (bicyclic) bond motifs is 5. The fraction of sp³-hybridized carbons (Fsp3) is 0.304. The summed E-state index contributed by atoms with van der Waals surface area (Å²) in [6.45, 7) is 2.38. The first kappa shape index (κ1) is 14.2. The molecule has 2 aliphatic carbocycles. The van der Waals surface area contributed by atoms with Crippen LogP contribution >= 0.6 is 0 Å². The average Bonchev–Trinajstić information content (AvgIpc) is 3.17. The highest BCUT2D eigenvalue weighted by Gasteiger charge is 2.47. The first-order chi connectivity index (χ1) is 11.8. The van der Waals surface area contributed by atoms with Crippen LogP contribution in [0.4, 0.5) is 0 Å². The third kappa shape index (κ3) is 1.98. The second-order valence-corrected chi connectivity index (χ2v) is 7.27. The van der Waals surface area contributed by atoms with Crippen LogP contribution in [-0.2, 0) is 0 Å². The van der Waals surface area contributed by atoms with Crippen LogP contribution in [0, 0.1) is 0 Å². The van der Waals surface area contributed by atoms with Gasteiger partial charge in [-0.2, -0.15) is 0 Å². The zero-order valence-electron chi connectivity index (χ0n) is 14.2. The van der Waals surface area contributed by atoms with E-state index in [1.807, 2.05) is 0 Å². The maximum absolute atomic E-state index is 2.78. The van der Waals surface area contributed by atoms with Gasteiger partial charge in [0.15, 0.2) is 0 Å². The third-order valence-corrected chi connectivity index (χ3v) is 6.02. The Morgan fingerprint density at radius 1 is 0.958 bits per heavy atom. The summed E-state index contributed by atoms with van der Waals surface area (Å²) in [6.07, 6.45) is 8.80. The molecule has 0 saturated carbocycles. The Balaban J connectivity index is 1.64. The lowest BCUT2D eigenvalue weighted by molar-refractivity contribution is 0.145. The number of rotatable bonds is 2. The normalized spacial score (nSPS) is 26.2. The van der Waals surface area contributed by atoms with Crippen molar-refractivity contribution < 1.29 is 0 Å². The molecular weight excluding hydrogens is 290 g/mol. The first-order valence-electron chi connectivity index (χ1n) is 9.18. The third-order valence-electron chi connectivity index (χ3n) is 6.02. The molecule has 1 saturated heterocycles. The van der Waals surface area contributed by atoms with Gasteiger partial charge < -0.3 is 0 Å². The first-order valence-corrected chi connectivity index (χ1v) is 9.18. The van der Waals surface area contributed by atoms with Gasteiger partial charge in [0, 0.05) is 12.1 Å². The van der Waals surface area contributed by atoms with E-state index in [1.165, 1.54) is 36.0 Å². The molecule has 0 N–H and O–H groups in total. The molecule has 0 bridgehead atoms. The van der Waals surface area contributed by atoms with Crippen molar-refractivity contribution in [1.29, 1.82) is 0 Å². The average molecular weight is 313 g/mol. The summed E-state index contributed by atoms with van der Waals surface area (Å²) in [5.41, 5.74) is 7.49. The van der Waals surface area contributed by atoms with E-state index in [0.717, 1.165) is 0 Å². The predicted molar refractivity (Wildman–Crippen MR) is 99.6 cm³/mol. The van der Waals surface area contributed by atoms with E-state index in [0.29, 0.717) is 18.1 Å². The van der Waals surface area contributed by atoms with Crippen LogP contribution in [-0.4, -0.2) is 10.9 Å². The summed E-state index contributed by atoms with van der Waals surface area (Å²) >= 11 is 0. The Morgan fingerprint density at radius 2 is 1.75 bits per heavy atom. The molecule has 5 rings (SSSR count). The predicted octanol–water partition coefficient (Wildman–Crippen LogP) is 5.68. The van der Waals surface area contributed by atoms with E-state index in [-0.39, 0.29) is 0 Å². The Bertz CT molecular complexity index is 830. The van der Waals surface area contributed by atoms with Gasteiger partial charge in [-0.3, -0.25) is 4.90 Å². The summed E-state index contributed by atoms with van der Waals surface area (Å²) in [5, 5.41) is 0. The zero-order valence-corrected chi connectivity index (χ0v) is 14.2. The van der Waals surface area contributed by atoms with E-state index in [2.05, 4.69) is 78.6 Å². The Hall–Kier alpha value is -2.12. The molecule has 0 spiro atoms. The highest BCUT2D eigenvalue weighted by molar-refractivity contribution is 5.73. The largest absolute Gasteiger partial charge is 0.278 e. The molecule has 1 heterocycles. The topological polar surface area (TPSA) is 3.24 Å². The van der Waals surface area contributed by atoms with Crippen LogP contribution in [0.1, 0.15) is 55.0 Å². The van der Waals surface area contributed by atoms with Crippen molar-refractivity contribution in [2.45, 2.75) is 44.3 Å². The lowest BCUT2D eigenvalue weighted by Crippen LogP contribution is -2.35. The second-order valence-electron chi connectivity index (χ2n) is 7.27. The van der Waals surface area contributed by atoms with Gasteiger partial charge in [-0.05, 0) is 60.1 Å². The van der Waals surface area contributed by atoms with Crippen molar-refractivity contribution in [2.24, 2.45) is 0 Å². The Morgan fingerprint density at radius 3 is 2.62 bits per heavy atom. The van der Waals surface area contributed by atoms with Gasteiger partial charge in [0.05, 0.1) is 6.04 Å². The molecule has 1 nitrogen and oxygen atoms in total. The smallest absolute Gasteiger partial charge is 0.0622 e. The number of hydrogen-bond donors (Lipinski definition) is 0. The van der Waals surface area contributed by atoms with Crippen molar-refractivity contribution in [2.75, 3.05) is 0 Å². The number of nitrogens with zero attached hydrogens (tertiary/aromatic N) is 1. The van der Waals surface area contributed by atoms with Gasteiger partial charge >= 0.3 is 0 Å². The van der Waals surface area contributed by atoms with Crippen LogP contribution in [0.5, 0.6) is 0 Å². The molecule has 0 radical (unpaired) electrons. The lowest BCUT2D eigenvalue weighted by atomic mass is 9.91. The van der Waals surface area contributed by atoms with Crippen LogP contribution in [0.2, 0.25) is 0 Å². The quantitative estimate of drug-likeness (QED) is 0.689. The molecule has 1 aliphatic heterocycles. The molecule has 24 heavy (non-hydrogen) atoms. The van der Waals surface area contributed by atoms with Gasteiger partial charge in [-0.1, -0.05) is 60.7 Å². The minimum atomic E-state index is 0.430. The zero-order chi connectivity index (χ0) is 16.1. The van der Waals surface area contributed by atoms with Crippen molar-refractivity contribution in [3.8, 4) is 0 Å². The highest BCUT2D eigenvalue weighted by Crippen LogP contribution is 2.55. The van der Waals surface area contributed by atoms with Crippen LogP contribution < -0.4 is 0 Å². The molecule has 1 heteroatoms. The molecule has 2 aromatic rings. The van der Waals surface area contributed by atoms with E-state index in [9.17, 15) is 0 Å². The van der Waals surface area contributed by atoms with Gasteiger partial charge in [-0.15, -0.1) is 0 Å². The number of hydrogen-bond acceptors (Lipinski definition) is 1. The van der Waals surface area contributed by atoms with Gasteiger partial charge in [0.1, 0.15) is 0 Å². The number of allylic oxidation sites excluding steroid dienone is 1. The molecule has 0 aromatic heterocycles. The van der Waals surface area contributed by atoms with Crippen LogP contribution in [0.25, 0.3) is 6.08 Å². The van der Waals surface area contributed by atoms with Crippen molar-refractivity contribution in [1.82, 2.24) is 4.90 Å². The maximum atomic E-state index is 2.78. The fourth-order valence-electron chi connectivity index (χ4n) is 4.93. The molecule has 2 aromatic carbocycles. The van der Waals surface area contributed by atoms with Crippen molar-refractivity contribution in [3.63, 3.8) is 0 Å². The van der Waals surface area contributed by atoms with Gasteiger partial charge in [0.25, 0.3) is 0 Å². The molecular formula is C23H23N. The summed E-state index contributed by atoms with van der Waals surface area (Å²) in [4.78, 5) is 2.78. The summed E-state index contributed by atoms with van der Waals surface area (Å²) in [6, 6.07) is 21.4. The van der Waals surface area contributed by atoms with Crippen molar-refractivity contribution in [3.05, 3.63) is 88.5 Å². The minimum Gasteiger partial charge on any atom is -0.278 e. The van der Waals surface area contributed by atoms with Crippen LogP contribution in [0.3, 0.4) is 0 Å². The summed E-state index contributed by atoms with van der Waals surface area (Å²) in [7, 11) is 0. The van der Waals surface area contributed by atoms with E-state index < -0.39 is 0 Å². The number of likely N-dealkylation sites (tertiary alicyclic amines) is 1. The standard InChI is InChI=1S/C23H23N/c1-16(17-9-3-2-4-10-17)24-22-14-8-7-13-20(22)21-15-18-11-5-6-12-19(18)23(21)24/h2-6,9-13,15-16,22-23H,7-8,14H2,1H3. The van der Waals surface area contributed by atoms with E-state index >= 15 is 0 Å². The summed E-state index contributed by atoms with van der Waals surface area (Å²) in [5.74, 6) is 0. The SMILES string of the molecule is CC(c1ccccc1)N1C2CCCC=C2C2=Cc3ccccc3C21. The fourth-order valence-corrected chi connectivity index (χ4v) is 4.93. The Labute approximate surface area is 144 Å². The second kappa shape index (κ2) is 5.46.